The lowest BCUT2D eigenvalue weighted by atomic mass is 10.2. The Labute approximate surface area is 208 Å². The molecular weight excluding hydrogens is 470 g/mol. The van der Waals surface area contributed by atoms with E-state index in [9.17, 15) is 14.4 Å². The van der Waals surface area contributed by atoms with Gasteiger partial charge in [-0.2, -0.15) is 0 Å². The molecule has 0 saturated heterocycles. The van der Waals surface area contributed by atoms with Gasteiger partial charge in [0.25, 0.3) is 5.91 Å². The van der Waals surface area contributed by atoms with Crippen LogP contribution in [0.15, 0.2) is 72.8 Å². The van der Waals surface area contributed by atoms with Crippen molar-refractivity contribution in [2.75, 3.05) is 18.5 Å². The van der Waals surface area contributed by atoms with Crippen LogP contribution >= 0.6 is 11.6 Å². The first kappa shape index (κ1) is 25.6. The van der Waals surface area contributed by atoms with Gasteiger partial charge in [0.1, 0.15) is 24.7 Å². The van der Waals surface area contributed by atoms with E-state index in [1.165, 1.54) is 0 Å². The van der Waals surface area contributed by atoms with Crippen molar-refractivity contribution >= 4 is 35.0 Å². The largest absolute Gasteiger partial charge is 0.490 e. The number of nitrogens with one attached hydrogen (secondary N) is 3. The minimum Gasteiger partial charge on any atom is -0.490 e. The number of carbonyl (C=O) groups excluding carboxylic acids is 3. The molecular formula is C26H26ClN3O5. The van der Waals surface area contributed by atoms with E-state index in [0.717, 1.165) is 11.3 Å². The van der Waals surface area contributed by atoms with Crippen molar-refractivity contribution in [1.82, 2.24) is 10.9 Å². The zero-order valence-corrected chi connectivity index (χ0v) is 19.9. The number of hydrogen-bond acceptors (Lipinski definition) is 5. The van der Waals surface area contributed by atoms with E-state index in [2.05, 4.69) is 16.2 Å². The molecule has 0 aliphatic rings. The highest BCUT2D eigenvalue weighted by Crippen LogP contribution is 2.23. The van der Waals surface area contributed by atoms with Crippen molar-refractivity contribution in [3.8, 4) is 11.5 Å². The van der Waals surface area contributed by atoms with Crippen LogP contribution in [0.5, 0.6) is 11.5 Å². The van der Waals surface area contributed by atoms with Crippen molar-refractivity contribution in [3.63, 3.8) is 0 Å². The van der Waals surface area contributed by atoms with E-state index in [1.807, 2.05) is 30.3 Å². The van der Waals surface area contributed by atoms with Gasteiger partial charge in [-0.1, -0.05) is 48.0 Å². The molecule has 0 aliphatic heterocycles. The molecule has 0 spiro atoms. The monoisotopic (exact) mass is 495 g/mol. The number of rotatable bonds is 10. The third kappa shape index (κ3) is 8.04. The molecule has 0 unspecified atom stereocenters. The Morgan fingerprint density at radius 3 is 2.26 bits per heavy atom. The van der Waals surface area contributed by atoms with Crippen LogP contribution in [0.1, 0.15) is 28.8 Å². The van der Waals surface area contributed by atoms with Gasteiger partial charge in [0.15, 0.2) is 0 Å². The van der Waals surface area contributed by atoms with Crippen LogP contribution in [0.2, 0.25) is 5.02 Å². The molecule has 0 saturated carbocycles. The van der Waals surface area contributed by atoms with E-state index >= 15 is 0 Å². The number of benzene rings is 3. The Kier molecular flexibility index (Phi) is 9.50. The molecule has 0 atom stereocenters. The maximum absolute atomic E-state index is 12.5. The lowest BCUT2D eigenvalue weighted by Crippen LogP contribution is -2.42. The predicted octanol–water partition coefficient (Wildman–Crippen LogP) is 4.29. The molecule has 0 heterocycles. The summed E-state index contributed by atoms with van der Waals surface area (Å²) in [5, 5.41) is 3.26. The summed E-state index contributed by atoms with van der Waals surface area (Å²) in [6.07, 6.45) is -0.171. The quantitative estimate of drug-likeness (QED) is 0.287. The summed E-state index contributed by atoms with van der Waals surface area (Å²) < 4.78 is 11.3. The maximum Gasteiger partial charge on any atom is 0.273 e. The molecule has 8 nitrogen and oxygen atoms in total. The van der Waals surface area contributed by atoms with Crippen molar-refractivity contribution in [2.45, 2.75) is 19.8 Å². The Morgan fingerprint density at radius 1 is 0.771 bits per heavy atom. The Hall–Kier alpha value is -4.04. The van der Waals surface area contributed by atoms with Crippen molar-refractivity contribution < 1.29 is 23.9 Å². The number of hydrazine groups is 1. The smallest absolute Gasteiger partial charge is 0.273 e. The van der Waals surface area contributed by atoms with Crippen molar-refractivity contribution in [3.05, 3.63) is 88.9 Å². The molecule has 35 heavy (non-hydrogen) atoms. The first-order valence-corrected chi connectivity index (χ1v) is 11.4. The second-order valence-electron chi connectivity index (χ2n) is 7.47. The topological polar surface area (TPSA) is 106 Å². The fourth-order valence-corrected chi connectivity index (χ4v) is 3.22. The average Bonchev–Trinajstić information content (AvgIpc) is 2.87. The molecule has 0 fully saturated rings. The Morgan fingerprint density at radius 2 is 1.46 bits per heavy atom. The summed E-state index contributed by atoms with van der Waals surface area (Å²) >= 11 is 6.05. The summed E-state index contributed by atoms with van der Waals surface area (Å²) in [7, 11) is 0. The fraction of sp³-hybridized carbons (Fsp3) is 0.192. The normalized spacial score (nSPS) is 10.2. The van der Waals surface area contributed by atoms with E-state index in [-0.39, 0.29) is 30.9 Å². The van der Waals surface area contributed by atoms with E-state index in [4.69, 9.17) is 21.1 Å². The molecule has 0 aliphatic carbocycles. The summed E-state index contributed by atoms with van der Waals surface area (Å²) in [5.74, 6) is -0.315. The highest BCUT2D eigenvalue weighted by molar-refractivity contribution is 6.31. The minimum absolute atomic E-state index is 0.0607. The Bertz CT molecular complexity index is 1170. The number of halogens is 1. The number of carbonyl (C=O) groups is 3. The molecule has 3 rings (SSSR count). The van der Waals surface area contributed by atoms with Crippen LogP contribution in [0, 0.1) is 6.92 Å². The number of para-hydroxylation sites is 2. The lowest BCUT2D eigenvalue weighted by Gasteiger charge is -2.13. The van der Waals surface area contributed by atoms with Gasteiger partial charge in [-0.25, -0.2) is 0 Å². The fourth-order valence-electron chi connectivity index (χ4n) is 3.05. The number of anilines is 1. The third-order valence-electron chi connectivity index (χ3n) is 4.92. The molecule has 3 amide bonds. The van der Waals surface area contributed by atoms with Gasteiger partial charge >= 0.3 is 0 Å². The summed E-state index contributed by atoms with van der Waals surface area (Å²) in [4.78, 5) is 36.8. The zero-order valence-electron chi connectivity index (χ0n) is 19.2. The number of amides is 3. The highest BCUT2D eigenvalue weighted by Gasteiger charge is 2.14. The van der Waals surface area contributed by atoms with Crippen LogP contribution < -0.4 is 25.6 Å². The van der Waals surface area contributed by atoms with Gasteiger partial charge in [-0.3, -0.25) is 25.2 Å². The van der Waals surface area contributed by atoms with Crippen LogP contribution in [0.4, 0.5) is 5.69 Å². The molecule has 3 aromatic rings. The molecule has 3 aromatic carbocycles. The van der Waals surface area contributed by atoms with E-state index in [1.54, 1.807) is 49.4 Å². The van der Waals surface area contributed by atoms with Crippen molar-refractivity contribution in [1.29, 1.82) is 0 Å². The molecule has 182 valence electrons. The molecule has 3 N–H and O–H groups in total. The summed E-state index contributed by atoms with van der Waals surface area (Å²) in [5.41, 5.74) is 6.24. The SMILES string of the molecule is Cc1c(Cl)cccc1NC(=O)CCC(=O)NNC(=O)c1ccccc1OCCOc1ccccc1. The van der Waals surface area contributed by atoms with Gasteiger partial charge < -0.3 is 14.8 Å². The molecule has 0 bridgehead atoms. The highest BCUT2D eigenvalue weighted by atomic mass is 35.5. The van der Waals surface area contributed by atoms with Crippen LogP contribution in [-0.2, 0) is 9.59 Å². The maximum atomic E-state index is 12.5. The second kappa shape index (κ2) is 13.0. The third-order valence-corrected chi connectivity index (χ3v) is 5.33. The van der Waals surface area contributed by atoms with Gasteiger partial charge in [0.05, 0.1) is 5.56 Å². The minimum atomic E-state index is -0.545. The van der Waals surface area contributed by atoms with Gasteiger partial charge in [0.2, 0.25) is 11.8 Å². The Balaban J connectivity index is 1.42. The standard InChI is InChI=1S/C26H26ClN3O5/c1-18-21(27)11-7-12-22(18)28-24(31)14-15-25(32)29-30-26(33)20-10-5-6-13-23(20)35-17-16-34-19-8-3-2-4-9-19/h2-13H,14-17H2,1H3,(H,28,31)(H,29,32)(H,30,33). The molecule has 0 radical (unpaired) electrons. The van der Waals surface area contributed by atoms with Gasteiger partial charge in [-0.05, 0) is 48.9 Å². The lowest BCUT2D eigenvalue weighted by molar-refractivity contribution is -0.124. The number of ether oxygens (including phenoxy) is 2. The number of hydrogen-bond donors (Lipinski definition) is 3. The molecule has 9 heteroatoms. The first-order chi connectivity index (χ1) is 16.9. The van der Waals surface area contributed by atoms with E-state index < -0.39 is 11.8 Å². The molecule has 0 aromatic heterocycles. The van der Waals surface area contributed by atoms with Crippen LogP contribution in [0.25, 0.3) is 0 Å². The summed E-state index contributed by atoms with van der Waals surface area (Å²) in [6.45, 7) is 2.32. The van der Waals surface area contributed by atoms with Crippen LogP contribution in [0.3, 0.4) is 0 Å². The summed E-state index contributed by atoms with van der Waals surface area (Å²) in [6, 6.07) is 21.2. The first-order valence-electron chi connectivity index (χ1n) is 11.0. The second-order valence-corrected chi connectivity index (χ2v) is 7.88. The average molecular weight is 496 g/mol. The van der Waals surface area contributed by atoms with Crippen molar-refractivity contribution in [2.24, 2.45) is 0 Å². The van der Waals surface area contributed by atoms with E-state index in [0.29, 0.717) is 23.1 Å². The van der Waals surface area contributed by atoms with Gasteiger partial charge in [-0.15, -0.1) is 0 Å². The van der Waals surface area contributed by atoms with Crippen LogP contribution in [-0.4, -0.2) is 30.9 Å². The zero-order chi connectivity index (χ0) is 25.0. The predicted molar refractivity (Wildman–Crippen MR) is 134 cm³/mol. The van der Waals surface area contributed by atoms with Gasteiger partial charge in [0, 0.05) is 23.6 Å².